The number of aromatic nitrogens is 1. The second-order valence-corrected chi connectivity index (χ2v) is 12.2. The fourth-order valence-electron chi connectivity index (χ4n) is 4.92. The minimum atomic E-state index is -5.06. The number of benzene rings is 2. The van der Waals surface area contributed by atoms with E-state index in [4.69, 9.17) is 4.74 Å². The van der Waals surface area contributed by atoms with Gasteiger partial charge in [0.2, 0.25) is 23.5 Å². The maximum atomic E-state index is 14.9. The predicted octanol–water partition coefficient (Wildman–Crippen LogP) is 2.30. The lowest BCUT2D eigenvalue weighted by Gasteiger charge is -2.28. The number of hydrogen-bond donors (Lipinski definition) is 5. The second-order valence-electron chi connectivity index (χ2n) is 12.2. The van der Waals surface area contributed by atoms with Crippen LogP contribution < -0.4 is 31.3 Å². The van der Waals surface area contributed by atoms with Gasteiger partial charge in [-0.15, -0.1) is 0 Å². The summed E-state index contributed by atoms with van der Waals surface area (Å²) in [5.74, 6) is -14.4. The van der Waals surface area contributed by atoms with Gasteiger partial charge in [-0.1, -0.05) is 44.2 Å². The molecule has 55 heavy (non-hydrogen) atoms. The molecule has 1 aromatic heterocycles. The van der Waals surface area contributed by atoms with Gasteiger partial charge in [-0.2, -0.15) is 27.2 Å². The fourth-order valence-corrected chi connectivity index (χ4v) is 4.92. The van der Waals surface area contributed by atoms with Gasteiger partial charge in [0.25, 0.3) is 11.8 Å². The average Bonchev–Trinajstić information content (AvgIpc) is 3.16. The number of Topliss-reactive ketones (excluding diaryl/α,β-unsaturated/α-hetero) is 1. The molecule has 19 heteroatoms. The Morgan fingerprint density at radius 2 is 1.55 bits per heavy atom. The summed E-state index contributed by atoms with van der Waals surface area (Å²) in [5, 5.41) is 19.6. The molecule has 2 aromatic carbocycles. The van der Waals surface area contributed by atoms with Crippen LogP contribution in [0.4, 0.5) is 22.0 Å². The van der Waals surface area contributed by atoms with Gasteiger partial charge in [0.15, 0.2) is 0 Å². The van der Waals surface area contributed by atoms with Crippen LogP contribution in [-0.4, -0.2) is 84.7 Å². The van der Waals surface area contributed by atoms with Gasteiger partial charge in [-0.25, -0.2) is 0 Å². The number of methoxy groups -OCH3 is 1. The number of ether oxygens (including phenoxy) is 1. The molecule has 3 atom stereocenters. The van der Waals surface area contributed by atoms with E-state index in [1.165, 1.54) is 75.7 Å². The molecule has 0 aliphatic rings. The number of nitriles is 1. The number of nitrogens with zero attached hydrogens (tertiary/aromatic N) is 2. The van der Waals surface area contributed by atoms with Crippen molar-refractivity contribution in [1.29, 1.82) is 5.26 Å². The Morgan fingerprint density at radius 3 is 2.13 bits per heavy atom. The minimum absolute atomic E-state index is 0.00383. The molecule has 5 amide bonds. The van der Waals surface area contributed by atoms with Gasteiger partial charge in [-0.05, 0) is 53.4 Å². The van der Waals surface area contributed by atoms with Gasteiger partial charge in [0, 0.05) is 12.6 Å². The van der Waals surface area contributed by atoms with Crippen LogP contribution in [0.2, 0.25) is 0 Å². The zero-order valence-electron chi connectivity index (χ0n) is 29.5. The second kappa shape index (κ2) is 19.0. The molecular formula is C36H36F5N7O7. The maximum Gasteiger partial charge on any atom is 0.405 e. The smallest absolute Gasteiger partial charge is 0.405 e. The van der Waals surface area contributed by atoms with Crippen molar-refractivity contribution in [2.24, 2.45) is 5.92 Å². The summed E-state index contributed by atoms with van der Waals surface area (Å²) < 4.78 is 72.7. The number of ketones is 1. The first kappa shape index (κ1) is 43.0. The van der Waals surface area contributed by atoms with Gasteiger partial charge >= 0.3 is 12.1 Å². The molecule has 0 bridgehead atoms. The van der Waals surface area contributed by atoms with E-state index in [1.807, 2.05) is 6.07 Å². The summed E-state index contributed by atoms with van der Waals surface area (Å²) in [7, 11) is 1.35. The van der Waals surface area contributed by atoms with Gasteiger partial charge in [-0.3, -0.25) is 33.8 Å². The summed E-state index contributed by atoms with van der Waals surface area (Å²) in [6.07, 6.45) is -3.96. The lowest BCUT2D eigenvalue weighted by molar-refractivity contribution is -0.165. The van der Waals surface area contributed by atoms with Crippen LogP contribution in [-0.2, 0) is 30.4 Å². The van der Waals surface area contributed by atoms with E-state index in [9.17, 15) is 56.0 Å². The first-order valence-electron chi connectivity index (χ1n) is 16.4. The lowest BCUT2D eigenvalue weighted by atomic mass is 9.94. The molecule has 0 aliphatic heterocycles. The third-order valence-corrected chi connectivity index (χ3v) is 7.74. The Morgan fingerprint density at radius 1 is 0.855 bits per heavy atom. The highest BCUT2D eigenvalue weighted by Gasteiger charge is 2.52. The molecule has 0 fully saturated rings. The highest BCUT2D eigenvalue weighted by molar-refractivity contribution is 6.10. The molecule has 14 nitrogen and oxygen atoms in total. The Balaban J connectivity index is 1.93. The largest absolute Gasteiger partial charge is 0.497 e. The van der Waals surface area contributed by atoms with Crippen molar-refractivity contribution in [3.8, 4) is 11.8 Å². The fraction of sp³-hybridized carbons (Fsp3) is 0.333. The Kier molecular flexibility index (Phi) is 14.9. The van der Waals surface area contributed by atoms with Crippen LogP contribution in [0.25, 0.3) is 0 Å². The van der Waals surface area contributed by atoms with Crippen LogP contribution in [0.3, 0.4) is 0 Å². The number of nitrogens with one attached hydrogen (secondary N) is 5. The number of carbonyl (C=O) groups is 6. The number of rotatable bonds is 17. The third-order valence-electron chi connectivity index (χ3n) is 7.74. The van der Waals surface area contributed by atoms with Crippen LogP contribution in [0.15, 0.2) is 72.9 Å². The highest BCUT2D eigenvalue weighted by atomic mass is 19.4. The number of carbonyl (C=O) groups excluding carboxylic acids is 6. The minimum Gasteiger partial charge on any atom is -0.497 e. The molecule has 0 spiro atoms. The van der Waals surface area contributed by atoms with Crippen molar-refractivity contribution >= 4 is 35.3 Å². The zero-order valence-corrected chi connectivity index (χ0v) is 29.5. The summed E-state index contributed by atoms with van der Waals surface area (Å²) in [5.41, 5.74) is 0.632. The van der Waals surface area contributed by atoms with E-state index in [-0.39, 0.29) is 23.2 Å². The molecule has 0 radical (unpaired) electrons. The molecule has 0 saturated heterocycles. The molecule has 292 valence electrons. The Labute approximate surface area is 311 Å². The highest BCUT2D eigenvalue weighted by Crippen LogP contribution is 2.24. The Hall–Kier alpha value is -6.45. The molecule has 0 saturated carbocycles. The van der Waals surface area contributed by atoms with Crippen molar-refractivity contribution in [3.63, 3.8) is 0 Å². The SMILES string of the molecule is COc1ccc(C(NC(=O)C(Cc2cccc(C#N)c2)NC(=O)CNC(=O)c2ccccn2)C(=O)NC(C(=O)C(F)(F)C(=O)NCC(F)(F)F)C(C)C)cc1. The summed E-state index contributed by atoms with van der Waals surface area (Å²) in [6.45, 7) is -0.320. The lowest BCUT2D eigenvalue weighted by Crippen LogP contribution is -2.59. The van der Waals surface area contributed by atoms with Crippen molar-refractivity contribution in [2.45, 2.75) is 50.5 Å². The van der Waals surface area contributed by atoms with E-state index in [1.54, 1.807) is 18.2 Å². The number of halogens is 5. The van der Waals surface area contributed by atoms with Crippen molar-refractivity contribution in [2.75, 3.05) is 20.2 Å². The summed E-state index contributed by atoms with van der Waals surface area (Å²) in [6, 6.07) is 12.5. The Bertz CT molecular complexity index is 1900. The first-order valence-corrected chi connectivity index (χ1v) is 16.4. The van der Waals surface area contributed by atoms with Crippen LogP contribution in [0.5, 0.6) is 5.75 Å². The van der Waals surface area contributed by atoms with Crippen LogP contribution >= 0.6 is 0 Å². The van der Waals surface area contributed by atoms with E-state index >= 15 is 0 Å². The van der Waals surface area contributed by atoms with Crippen molar-refractivity contribution in [3.05, 3.63) is 95.3 Å². The standard InChI is InChI=1S/C36H36F5N7O7/c1-20(2)28(30(50)36(40,41)34(54)45-19-35(37,38)39)47-33(53)29(23-10-12-24(55-3)13-11-23)48-32(52)26(16-21-7-6-8-22(15-21)17-42)46-27(49)18-44-31(51)25-9-4-5-14-43-25/h4-15,20,26,28-29H,16,18-19H2,1-3H3,(H,44,51)(H,45,54)(H,46,49)(H,47,53)(H,48,52). The molecule has 1 heterocycles. The molecule has 5 N–H and O–H groups in total. The molecule has 3 rings (SSSR count). The van der Waals surface area contributed by atoms with Crippen LogP contribution in [0.1, 0.15) is 47.1 Å². The number of pyridine rings is 1. The van der Waals surface area contributed by atoms with Gasteiger partial charge in [0.1, 0.15) is 30.1 Å². The third kappa shape index (κ3) is 12.6. The van der Waals surface area contributed by atoms with Crippen LogP contribution in [0, 0.1) is 17.2 Å². The van der Waals surface area contributed by atoms with Crippen molar-refractivity contribution in [1.82, 2.24) is 31.6 Å². The van der Waals surface area contributed by atoms with Gasteiger partial charge in [0.05, 0.1) is 31.3 Å². The topological polar surface area (TPSA) is 208 Å². The van der Waals surface area contributed by atoms with E-state index in [2.05, 4.69) is 26.3 Å². The monoisotopic (exact) mass is 773 g/mol. The predicted molar refractivity (Wildman–Crippen MR) is 183 cm³/mol. The summed E-state index contributed by atoms with van der Waals surface area (Å²) in [4.78, 5) is 82.1. The number of hydrogen-bond acceptors (Lipinski definition) is 9. The first-order chi connectivity index (χ1) is 25.9. The quantitative estimate of drug-likeness (QED) is 0.101. The zero-order chi connectivity index (χ0) is 40.9. The summed E-state index contributed by atoms with van der Waals surface area (Å²) >= 11 is 0. The normalized spacial score (nSPS) is 12.9. The maximum absolute atomic E-state index is 14.9. The molecule has 3 unspecified atom stereocenters. The van der Waals surface area contributed by atoms with Crippen molar-refractivity contribution < 1.29 is 55.5 Å². The average molecular weight is 774 g/mol. The molecule has 3 aromatic rings. The molecular weight excluding hydrogens is 737 g/mol. The van der Waals surface area contributed by atoms with E-state index in [0.717, 1.165) is 5.32 Å². The number of alkyl halides is 5. The molecule has 0 aliphatic carbocycles. The van der Waals surface area contributed by atoms with E-state index in [0.29, 0.717) is 11.3 Å². The number of amides is 5. The van der Waals surface area contributed by atoms with E-state index < -0.39 is 84.6 Å². The van der Waals surface area contributed by atoms with Gasteiger partial charge < -0.3 is 31.3 Å².